The van der Waals surface area contributed by atoms with Crippen molar-refractivity contribution in [1.29, 1.82) is 0 Å². The highest BCUT2D eigenvalue weighted by Crippen LogP contribution is 2.32. The van der Waals surface area contributed by atoms with Gasteiger partial charge in [0.2, 0.25) is 5.91 Å². The lowest BCUT2D eigenvalue weighted by Gasteiger charge is -2.21. The van der Waals surface area contributed by atoms with Crippen LogP contribution in [-0.4, -0.2) is 26.2 Å². The molecule has 3 N–H and O–H groups in total. The van der Waals surface area contributed by atoms with Gasteiger partial charge in [-0.3, -0.25) is 4.79 Å². The molecule has 118 valence electrons. The second kappa shape index (κ2) is 7.88. The highest BCUT2D eigenvalue weighted by Gasteiger charge is 2.18. The summed E-state index contributed by atoms with van der Waals surface area (Å²) in [4.78, 5) is 12.0. The summed E-state index contributed by atoms with van der Waals surface area (Å²) in [5.41, 5.74) is 7.86. The van der Waals surface area contributed by atoms with Gasteiger partial charge in [-0.25, -0.2) is 0 Å². The molecule has 1 aromatic carbocycles. The monoisotopic (exact) mass is 294 g/mol. The Morgan fingerprint density at radius 1 is 1.29 bits per heavy atom. The van der Waals surface area contributed by atoms with Crippen LogP contribution in [0.5, 0.6) is 11.5 Å². The standard InChI is InChI=1S/C16H26N2O3/c1-6-7-13(17)16(19)18-11(3)12-9-15(21-5)14(20-4)8-10(12)2/h8-9,11,13H,6-7,17H2,1-5H3,(H,18,19). The Labute approximate surface area is 126 Å². The number of carbonyl (C=O) groups is 1. The summed E-state index contributed by atoms with van der Waals surface area (Å²) < 4.78 is 10.6. The van der Waals surface area contributed by atoms with Gasteiger partial charge in [-0.15, -0.1) is 0 Å². The molecule has 1 aromatic rings. The predicted octanol–water partition coefficient (Wildman–Crippen LogP) is 2.32. The van der Waals surface area contributed by atoms with Crippen molar-refractivity contribution in [2.45, 2.75) is 45.7 Å². The fraction of sp³-hybridized carbons (Fsp3) is 0.562. The first-order valence-corrected chi connectivity index (χ1v) is 7.23. The molecular formula is C16H26N2O3. The molecular weight excluding hydrogens is 268 g/mol. The number of nitrogens with two attached hydrogens (primary N) is 1. The summed E-state index contributed by atoms with van der Waals surface area (Å²) in [6.07, 6.45) is 1.57. The van der Waals surface area contributed by atoms with Crippen LogP contribution in [0.4, 0.5) is 0 Å². The zero-order valence-electron chi connectivity index (χ0n) is 13.5. The van der Waals surface area contributed by atoms with Gasteiger partial charge in [-0.05, 0) is 43.5 Å². The lowest BCUT2D eigenvalue weighted by Crippen LogP contribution is -2.41. The topological polar surface area (TPSA) is 73.6 Å². The van der Waals surface area contributed by atoms with Gasteiger partial charge < -0.3 is 20.5 Å². The van der Waals surface area contributed by atoms with E-state index in [1.54, 1.807) is 14.2 Å². The molecule has 0 radical (unpaired) electrons. The van der Waals surface area contributed by atoms with Crippen LogP contribution in [0.15, 0.2) is 12.1 Å². The highest BCUT2D eigenvalue weighted by molar-refractivity contribution is 5.81. The predicted molar refractivity (Wildman–Crippen MR) is 83.7 cm³/mol. The number of amides is 1. The minimum atomic E-state index is -0.460. The largest absolute Gasteiger partial charge is 0.493 e. The maximum Gasteiger partial charge on any atom is 0.237 e. The number of rotatable bonds is 7. The highest BCUT2D eigenvalue weighted by atomic mass is 16.5. The van der Waals surface area contributed by atoms with E-state index in [9.17, 15) is 4.79 Å². The number of ether oxygens (including phenoxy) is 2. The molecule has 0 aromatic heterocycles. The minimum absolute atomic E-state index is 0.126. The first-order valence-electron chi connectivity index (χ1n) is 7.23. The molecule has 0 aliphatic carbocycles. The molecule has 0 saturated carbocycles. The SMILES string of the molecule is CCCC(N)C(=O)NC(C)c1cc(OC)c(OC)cc1C. The molecule has 0 heterocycles. The zero-order valence-corrected chi connectivity index (χ0v) is 13.5. The maximum atomic E-state index is 12.0. The molecule has 0 bridgehead atoms. The van der Waals surface area contributed by atoms with E-state index in [1.807, 2.05) is 32.9 Å². The van der Waals surface area contributed by atoms with Crippen LogP contribution in [0.3, 0.4) is 0 Å². The van der Waals surface area contributed by atoms with Crippen molar-refractivity contribution < 1.29 is 14.3 Å². The lowest BCUT2D eigenvalue weighted by molar-refractivity contribution is -0.123. The Morgan fingerprint density at radius 3 is 2.38 bits per heavy atom. The first kappa shape index (κ1) is 17.3. The van der Waals surface area contributed by atoms with Crippen LogP contribution in [-0.2, 0) is 4.79 Å². The van der Waals surface area contributed by atoms with Crippen LogP contribution in [0, 0.1) is 6.92 Å². The average Bonchev–Trinajstić information content (AvgIpc) is 2.46. The Bertz CT molecular complexity index is 489. The Kier molecular flexibility index (Phi) is 6.49. The van der Waals surface area contributed by atoms with Crippen LogP contribution in [0.1, 0.15) is 43.9 Å². The third kappa shape index (κ3) is 4.36. The van der Waals surface area contributed by atoms with E-state index in [-0.39, 0.29) is 11.9 Å². The van der Waals surface area contributed by atoms with E-state index >= 15 is 0 Å². The summed E-state index contributed by atoms with van der Waals surface area (Å²) in [5.74, 6) is 1.20. The van der Waals surface area contributed by atoms with Gasteiger partial charge in [-0.1, -0.05) is 13.3 Å². The molecule has 2 atom stereocenters. The molecule has 0 aliphatic heterocycles. The Balaban J connectivity index is 2.92. The Morgan fingerprint density at radius 2 is 1.86 bits per heavy atom. The van der Waals surface area contributed by atoms with Gasteiger partial charge in [0, 0.05) is 0 Å². The molecule has 5 nitrogen and oxygen atoms in total. The number of methoxy groups -OCH3 is 2. The Hall–Kier alpha value is -1.75. The molecule has 1 rings (SSSR count). The molecule has 2 unspecified atom stereocenters. The van der Waals surface area contributed by atoms with Crippen molar-refractivity contribution in [1.82, 2.24) is 5.32 Å². The van der Waals surface area contributed by atoms with Gasteiger partial charge in [0.1, 0.15) is 0 Å². The van der Waals surface area contributed by atoms with Gasteiger partial charge in [-0.2, -0.15) is 0 Å². The molecule has 5 heteroatoms. The second-order valence-electron chi connectivity index (χ2n) is 5.19. The van der Waals surface area contributed by atoms with Gasteiger partial charge in [0.25, 0.3) is 0 Å². The first-order chi connectivity index (χ1) is 9.94. The van der Waals surface area contributed by atoms with Gasteiger partial charge in [0.15, 0.2) is 11.5 Å². The van der Waals surface area contributed by atoms with Gasteiger partial charge in [0.05, 0.1) is 26.3 Å². The average molecular weight is 294 g/mol. The van der Waals surface area contributed by atoms with E-state index in [1.165, 1.54) is 0 Å². The smallest absolute Gasteiger partial charge is 0.237 e. The number of hydrogen-bond donors (Lipinski definition) is 2. The van der Waals surface area contributed by atoms with E-state index in [2.05, 4.69) is 5.32 Å². The zero-order chi connectivity index (χ0) is 16.0. The maximum absolute atomic E-state index is 12.0. The van der Waals surface area contributed by atoms with Crippen molar-refractivity contribution in [2.24, 2.45) is 5.73 Å². The van der Waals surface area contributed by atoms with Crippen LogP contribution in [0.2, 0.25) is 0 Å². The third-order valence-corrected chi connectivity index (χ3v) is 3.53. The van der Waals surface area contributed by atoms with Crippen molar-refractivity contribution in [3.8, 4) is 11.5 Å². The van der Waals surface area contributed by atoms with Crippen molar-refractivity contribution >= 4 is 5.91 Å². The van der Waals surface area contributed by atoms with Crippen LogP contribution < -0.4 is 20.5 Å². The van der Waals surface area contributed by atoms with Crippen LogP contribution in [0.25, 0.3) is 0 Å². The normalized spacial score (nSPS) is 13.4. The van der Waals surface area contributed by atoms with Crippen LogP contribution >= 0.6 is 0 Å². The molecule has 0 saturated heterocycles. The van der Waals surface area contributed by atoms with Crippen molar-refractivity contribution in [2.75, 3.05) is 14.2 Å². The van der Waals surface area contributed by atoms with Crippen molar-refractivity contribution in [3.05, 3.63) is 23.3 Å². The number of benzene rings is 1. The number of nitrogens with one attached hydrogen (secondary N) is 1. The molecule has 0 spiro atoms. The quantitative estimate of drug-likeness (QED) is 0.809. The third-order valence-electron chi connectivity index (χ3n) is 3.53. The molecule has 1 amide bonds. The molecule has 21 heavy (non-hydrogen) atoms. The molecule has 0 aliphatic rings. The van der Waals surface area contributed by atoms with Crippen molar-refractivity contribution in [3.63, 3.8) is 0 Å². The summed E-state index contributed by atoms with van der Waals surface area (Å²) in [6, 6.07) is 3.20. The van der Waals surface area contributed by atoms with Gasteiger partial charge >= 0.3 is 0 Å². The number of carbonyl (C=O) groups excluding carboxylic acids is 1. The fourth-order valence-electron chi connectivity index (χ4n) is 2.30. The van der Waals surface area contributed by atoms with E-state index in [0.29, 0.717) is 17.9 Å². The summed E-state index contributed by atoms with van der Waals surface area (Å²) >= 11 is 0. The number of aryl methyl sites for hydroxylation is 1. The second-order valence-corrected chi connectivity index (χ2v) is 5.19. The minimum Gasteiger partial charge on any atom is -0.493 e. The summed E-state index contributed by atoms with van der Waals surface area (Å²) in [6.45, 7) is 5.92. The van der Waals surface area contributed by atoms with E-state index in [4.69, 9.17) is 15.2 Å². The molecule has 0 fully saturated rings. The summed E-state index contributed by atoms with van der Waals surface area (Å²) in [7, 11) is 3.20. The number of hydrogen-bond acceptors (Lipinski definition) is 4. The van der Waals surface area contributed by atoms with E-state index in [0.717, 1.165) is 17.5 Å². The summed E-state index contributed by atoms with van der Waals surface area (Å²) in [5, 5.41) is 2.95. The lowest BCUT2D eigenvalue weighted by atomic mass is 10.0. The van der Waals surface area contributed by atoms with E-state index < -0.39 is 6.04 Å². The fourth-order valence-corrected chi connectivity index (χ4v) is 2.30.